The molecule has 0 saturated carbocycles. The second-order valence-corrected chi connectivity index (χ2v) is 4.25. The van der Waals surface area contributed by atoms with Gasteiger partial charge in [0.25, 0.3) is 0 Å². The quantitative estimate of drug-likeness (QED) is 0.659. The Kier molecular flexibility index (Phi) is 1.63. The highest BCUT2D eigenvalue weighted by Gasteiger charge is 2.36. The molecule has 1 aliphatic carbocycles. The molecule has 72 valence electrons. The van der Waals surface area contributed by atoms with Gasteiger partial charge in [-0.2, -0.15) is 0 Å². The fraction of sp³-hybridized carbons (Fsp3) is 0.417. The van der Waals surface area contributed by atoms with Crippen LogP contribution in [0.2, 0.25) is 0 Å². The number of piperidine rings is 1. The number of rotatable bonds is 0. The lowest BCUT2D eigenvalue weighted by molar-refractivity contribution is -0.124. The fourth-order valence-electron chi connectivity index (χ4n) is 2.70. The van der Waals surface area contributed by atoms with E-state index in [0.717, 1.165) is 12.8 Å². The molecule has 0 spiro atoms. The minimum atomic E-state index is 0.211. The normalized spacial score (nSPS) is 29.3. The van der Waals surface area contributed by atoms with Gasteiger partial charge in [-0.25, -0.2) is 0 Å². The van der Waals surface area contributed by atoms with Crippen molar-refractivity contribution >= 4 is 5.91 Å². The van der Waals surface area contributed by atoms with Gasteiger partial charge in [0.1, 0.15) is 0 Å². The van der Waals surface area contributed by atoms with Gasteiger partial charge in [0.15, 0.2) is 0 Å². The van der Waals surface area contributed by atoms with Crippen molar-refractivity contribution in [3.8, 4) is 0 Å². The van der Waals surface area contributed by atoms with Crippen molar-refractivity contribution in [2.45, 2.75) is 25.3 Å². The van der Waals surface area contributed by atoms with Crippen LogP contribution in [-0.2, 0) is 11.2 Å². The molecule has 3 rings (SSSR count). The Morgan fingerprint density at radius 2 is 2.14 bits per heavy atom. The van der Waals surface area contributed by atoms with Crippen LogP contribution in [0.3, 0.4) is 0 Å². The van der Waals surface area contributed by atoms with E-state index in [0.29, 0.717) is 18.4 Å². The molecule has 1 heterocycles. The Labute approximate surface area is 83.3 Å². The summed E-state index contributed by atoms with van der Waals surface area (Å²) in [6, 6.07) is 8.76. The highest BCUT2D eigenvalue weighted by molar-refractivity contribution is 5.77. The lowest BCUT2D eigenvalue weighted by Gasteiger charge is -2.26. The zero-order valence-corrected chi connectivity index (χ0v) is 7.99. The smallest absolute Gasteiger partial charge is 0.220 e. The van der Waals surface area contributed by atoms with Crippen LogP contribution in [0.5, 0.6) is 0 Å². The summed E-state index contributed by atoms with van der Waals surface area (Å²) in [5.74, 6) is 0.855. The SMILES string of the molecule is O=C1CCC2Cc3ccccc3C2N1. The minimum Gasteiger partial charge on any atom is -0.349 e. The average Bonchev–Trinajstić information content (AvgIpc) is 2.56. The molecule has 1 aromatic rings. The Morgan fingerprint density at radius 1 is 1.29 bits per heavy atom. The van der Waals surface area contributed by atoms with E-state index in [9.17, 15) is 4.79 Å². The predicted octanol–water partition coefficient (Wildman–Crippen LogP) is 1.81. The summed E-state index contributed by atoms with van der Waals surface area (Å²) in [5, 5.41) is 3.10. The standard InChI is InChI=1S/C12H13NO/c14-11-6-5-9-7-8-3-1-2-4-10(8)12(9)13-11/h1-4,9,12H,5-7H2,(H,13,14). The van der Waals surface area contributed by atoms with Gasteiger partial charge in [0.05, 0.1) is 6.04 Å². The molecule has 2 atom stereocenters. The predicted molar refractivity (Wildman–Crippen MR) is 53.8 cm³/mol. The van der Waals surface area contributed by atoms with E-state index in [-0.39, 0.29) is 5.91 Å². The molecular weight excluding hydrogens is 174 g/mol. The first-order valence-electron chi connectivity index (χ1n) is 5.22. The summed E-state index contributed by atoms with van der Waals surface area (Å²) in [4.78, 5) is 11.3. The summed E-state index contributed by atoms with van der Waals surface area (Å²) in [6.45, 7) is 0. The lowest BCUT2D eigenvalue weighted by atomic mass is 9.91. The number of carbonyl (C=O) groups is 1. The fourth-order valence-corrected chi connectivity index (χ4v) is 2.70. The van der Waals surface area contributed by atoms with E-state index < -0.39 is 0 Å². The third kappa shape index (κ3) is 1.07. The number of benzene rings is 1. The van der Waals surface area contributed by atoms with Crippen molar-refractivity contribution in [3.63, 3.8) is 0 Å². The summed E-state index contributed by atoms with van der Waals surface area (Å²) in [7, 11) is 0. The third-order valence-corrected chi connectivity index (χ3v) is 3.40. The van der Waals surface area contributed by atoms with Gasteiger partial charge in [-0.15, -0.1) is 0 Å². The molecule has 0 aromatic heterocycles. The summed E-state index contributed by atoms with van der Waals surface area (Å²) in [6.07, 6.45) is 2.89. The van der Waals surface area contributed by atoms with Crippen LogP contribution in [0.25, 0.3) is 0 Å². The van der Waals surface area contributed by atoms with Crippen molar-refractivity contribution in [3.05, 3.63) is 35.4 Å². The van der Waals surface area contributed by atoms with Gasteiger partial charge in [-0.3, -0.25) is 4.79 Å². The maximum absolute atomic E-state index is 11.3. The molecule has 2 aliphatic rings. The van der Waals surface area contributed by atoms with Crippen molar-refractivity contribution in [1.29, 1.82) is 0 Å². The molecule has 1 saturated heterocycles. The van der Waals surface area contributed by atoms with E-state index >= 15 is 0 Å². The lowest BCUT2D eigenvalue weighted by Crippen LogP contribution is -2.36. The maximum atomic E-state index is 11.3. The third-order valence-electron chi connectivity index (χ3n) is 3.40. The van der Waals surface area contributed by atoms with Gasteiger partial charge >= 0.3 is 0 Å². The van der Waals surface area contributed by atoms with Crippen LogP contribution in [-0.4, -0.2) is 5.91 Å². The van der Waals surface area contributed by atoms with E-state index in [1.165, 1.54) is 11.1 Å². The van der Waals surface area contributed by atoms with Gasteiger partial charge in [0.2, 0.25) is 5.91 Å². The van der Waals surface area contributed by atoms with E-state index in [1.807, 2.05) is 0 Å². The zero-order chi connectivity index (χ0) is 9.54. The molecule has 0 bridgehead atoms. The van der Waals surface area contributed by atoms with Crippen LogP contribution in [0.15, 0.2) is 24.3 Å². The maximum Gasteiger partial charge on any atom is 0.220 e. The summed E-state index contributed by atoms with van der Waals surface area (Å²) < 4.78 is 0. The van der Waals surface area contributed by atoms with Crippen LogP contribution in [0.4, 0.5) is 0 Å². The second kappa shape index (κ2) is 2.84. The Balaban J connectivity index is 2.00. The number of hydrogen-bond acceptors (Lipinski definition) is 1. The van der Waals surface area contributed by atoms with Crippen molar-refractivity contribution in [1.82, 2.24) is 5.32 Å². The average molecular weight is 187 g/mol. The van der Waals surface area contributed by atoms with Crippen molar-refractivity contribution in [2.75, 3.05) is 0 Å². The van der Waals surface area contributed by atoms with Gasteiger partial charge in [-0.1, -0.05) is 24.3 Å². The number of amides is 1. The minimum absolute atomic E-state index is 0.211. The number of carbonyl (C=O) groups excluding carboxylic acids is 1. The molecule has 1 fully saturated rings. The number of nitrogens with one attached hydrogen (secondary N) is 1. The van der Waals surface area contributed by atoms with Gasteiger partial charge in [-0.05, 0) is 29.9 Å². The topological polar surface area (TPSA) is 29.1 Å². The molecule has 14 heavy (non-hydrogen) atoms. The van der Waals surface area contributed by atoms with Crippen LogP contribution < -0.4 is 5.32 Å². The highest BCUT2D eigenvalue weighted by Crippen LogP contribution is 2.40. The molecule has 1 aliphatic heterocycles. The monoisotopic (exact) mass is 187 g/mol. The van der Waals surface area contributed by atoms with E-state index in [2.05, 4.69) is 29.6 Å². The number of fused-ring (bicyclic) bond motifs is 3. The molecule has 1 aromatic carbocycles. The first-order valence-corrected chi connectivity index (χ1v) is 5.22. The zero-order valence-electron chi connectivity index (χ0n) is 7.99. The molecule has 2 heteroatoms. The largest absolute Gasteiger partial charge is 0.349 e. The first kappa shape index (κ1) is 8.04. The molecule has 1 amide bonds. The molecule has 2 nitrogen and oxygen atoms in total. The molecule has 2 unspecified atom stereocenters. The van der Waals surface area contributed by atoms with Crippen LogP contribution in [0, 0.1) is 5.92 Å². The van der Waals surface area contributed by atoms with Crippen molar-refractivity contribution < 1.29 is 4.79 Å². The van der Waals surface area contributed by atoms with E-state index in [4.69, 9.17) is 0 Å². The molecule has 0 radical (unpaired) electrons. The first-order chi connectivity index (χ1) is 6.84. The Hall–Kier alpha value is -1.31. The second-order valence-electron chi connectivity index (χ2n) is 4.25. The summed E-state index contributed by atoms with van der Waals surface area (Å²) >= 11 is 0. The summed E-state index contributed by atoms with van der Waals surface area (Å²) in [5.41, 5.74) is 2.76. The van der Waals surface area contributed by atoms with Crippen LogP contribution in [0.1, 0.15) is 30.0 Å². The van der Waals surface area contributed by atoms with Gasteiger partial charge in [0, 0.05) is 6.42 Å². The molecule has 1 N–H and O–H groups in total. The Morgan fingerprint density at radius 3 is 3.07 bits per heavy atom. The van der Waals surface area contributed by atoms with Crippen LogP contribution >= 0.6 is 0 Å². The van der Waals surface area contributed by atoms with E-state index in [1.54, 1.807) is 0 Å². The highest BCUT2D eigenvalue weighted by atomic mass is 16.1. The van der Waals surface area contributed by atoms with Gasteiger partial charge < -0.3 is 5.32 Å². The van der Waals surface area contributed by atoms with Crippen molar-refractivity contribution in [2.24, 2.45) is 5.92 Å². The number of hydrogen-bond donors (Lipinski definition) is 1. The molecular formula is C12H13NO. The Bertz CT molecular complexity index is 386.